The lowest BCUT2D eigenvalue weighted by Gasteiger charge is -2.07. The van der Waals surface area contributed by atoms with Crippen LogP contribution in [0.1, 0.15) is 12.5 Å². The molecule has 3 aromatic rings. The molecule has 4 heteroatoms. The van der Waals surface area contributed by atoms with E-state index in [4.69, 9.17) is 4.74 Å². The van der Waals surface area contributed by atoms with E-state index in [2.05, 4.69) is 22.0 Å². The number of nitrogens with zero attached hydrogens (tertiary/aromatic N) is 1. The zero-order valence-corrected chi connectivity index (χ0v) is 13.4. The summed E-state index contributed by atoms with van der Waals surface area (Å²) in [5.41, 5.74) is 2.95. The third-order valence-electron chi connectivity index (χ3n) is 3.78. The molecular weight excluding hydrogens is 288 g/mol. The third-order valence-corrected chi connectivity index (χ3v) is 3.78. The summed E-state index contributed by atoms with van der Waals surface area (Å²) in [7, 11) is 2.00. The van der Waals surface area contributed by atoms with Crippen molar-refractivity contribution >= 4 is 22.5 Å². The lowest BCUT2D eigenvalue weighted by molar-refractivity contribution is -0.115. The van der Waals surface area contributed by atoms with Crippen molar-refractivity contribution in [2.75, 3.05) is 11.9 Å². The number of nitrogens with one attached hydrogen (secondary N) is 1. The monoisotopic (exact) mass is 308 g/mol. The number of amides is 1. The number of hydrogen-bond donors (Lipinski definition) is 1. The maximum absolute atomic E-state index is 12.3. The van der Waals surface area contributed by atoms with E-state index >= 15 is 0 Å². The Morgan fingerprint density at radius 1 is 1.13 bits per heavy atom. The molecule has 0 saturated carbocycles. The van der Waals surface area contributed by atoms with Crippen LogP contribution in [0.2, 0.25) is 0 Å². The Morgan fingerprint density at radius 2 is 1.87 bits per heavy atom. The van der Waals surface area contributed by atoms with Crippen LogP contribution >= 0.6 is 0 Å². The van der Waals surface area contributed by atoms with Crippen molar-refractivity contribution in [3.63, 3.8) is 0 Å². The number of benzene rings is 2. The van der Waals surface area contributed by atoms with Gasteiger partial charge < -0.3 is 14.6 Å². The van der Waals surface area contributed by atoms with Crippen molar-refractivity contribution in [3.8, 4) is 5.75 Å². The van der Waals surface area contributed by atoms with Crippen LogP contribution in [0.5, 0.6) is 5.75 Å². The van der Waals surface area contributed by atoms with Crippen molar-refractivity contribution in [1.29, 1.82) is 0 Å². The Morgan fingerprint density at radius 3 is 2.61 bits per heavy atom. The minimum Gasteiger partial charge on any atom is -0.494 e. The zero-order chi connectivity index (χ0) is 16.2. The fourth-order valence-corrected chi connectivity index (χ4v) is 2.75. The molecule has 118 valence electrons. The Bertz CT molecular complexity index is 819. The van der Waals surface area contributed by atoms with Gasteiger partial charge in [-0.3, -0.25) is 4.79 Å². The lowest BCUT2D eigenvalue weighted by Crippen LogP contribution is -2.14. The second kappa shape index (κ2) is 6.57. The normalized spacial score (nSPS) is 10.7. The molecule has 0 bridgehead atoms. The largest absolute Gasteiger partial charge is 0.494 e. The molecule has 4 nitrogen and oxygen atoms in total. The number of para-hydroxylation sites is 1. The van der Waals surface area contributed by atoms with Gasteiger partial charge in [0.15, 0.2) is 0 Å². The topological polar surface area (TPSA) is 43.3 Å². The number of rotatable bonds is 5. The number of aryl methyl sites for hydroxylation is 1. The molecule has 0 aliphatic carbocycles. The first-order chi connectivity index (χ1) is 11.2. The van der Waals surface area contributed by atoms with Crippen molar-refractivity contribution < 1.29 is 9.53 Å². The van der Waals surface area contributed by atoms with Gasteiger partial charge in [-0.05, 0) is 42.8 Å². The smallest absolute Gasteiger partial charge is 0.228 e. The number of anilines is 1. The highest BCUT2D eigenvalue weighted by molar-refractivity contribution is 5.96. The van der Waals surface area contributed by atoms with Gasteiger partial charge in [-0.2, -0.15) is 0 Å². The van der Waals surface area contributed by atoms with Crippen LogP contribution in [-0.2, 0) is 18.3 Å². The van der Waals surface area contributed by atoms with E-state index in [1.54, 1.807) is 0 Å². The summed E-state index contributed by atoms with van der Waals surface area (Å²) in [6, 6.07) is 15.5. The van der Waals surface area contributed by atoms with E-state index < -0.39 is 0 Å². The Hall–Kier alpha value is -2.75. The molecule has 1 amide bonds. The van der Waals surface area contributed by atoms with Crippen molar-refractivity contribution in [2.45, 2.75) is 13.3 Å². The fraction of sp³-hybridized carbons (Fsp3) is 0.211. The molecule has 1 heterocycles. The van der Waals surface area contributed by atoms with E-state index in [9.17, 15) is 4.79 Å². The summed E-state index contributed by atoms with van der Waals surface area (Å²) in [6.07, 6.45) is 2.37. The van der Waals surface area contributed by atoms with Gasteiger partial charge in [0.05, 0.1) is 13.0 Å². The molecule has 1 aromatic heterocycles. The van der Waals surface area contributed by atoms with E-state index in [0.29, 0.717) is 13.0 Å². The van der Waals surface area contributed by atoms with Gasteiger partial charge in [0, 0.05) is 29.8 Å². The van der Waals surface area contributed by atoms with E-state index in [-0.39, 0.29) is 5.91 Å². The van der Waals surface area contributed by atoms with Crippen LogP contribution in [0.25, 0.3) is 10.9 Å². The zero-order valence-electron chi connectivity index (χ0n) is 13.4. The minimum absolute atomic E-state index is 0.0227. The van der Waals surface area contributed by atoms with Crippen LogP contribution in [0, 0.1) is 0 Å². The molecule has 0 aliphatic heterocycles. The molecule has 0 unspecified atom stereocenters. The van der Waals surface area contributed by atoms with Crippen molar-refractivity contribution in [1.82, 2.24) is 4.57 Å². The summed E-state index contributed by atoms with van der Waals surface area (Å²) >= 11 is 0. The number of carbonyl (C=O) groups excluding carboxylic acids is 1. The van der Waals surface area contributed by atoms with E-state index in [1.807, 2.05) is 56.6 Å². The van der Waals surface area contributed by atoms with Gasteiger partial charge >= 0.3 is 0 Å². The highest BCUT2D eigenvalue weighted by Crippen LogP contribution is 2.21. The summed E-state index contributed by atoms with van der Waals surface area (Å²) < 4.78 is 7.45. The van der Waals surface area contributed by atoms with Gasteiger partial charge in [0.2, 0.25) is 5.91 Å². The number of fused-ring (bicyclic) bond motifs is 1. The second-order valence-corrected chi connectivity index (χ2v) is 5.46. The molecule has 1 N–H and O–H groups in total. The molecule has 0 atom stereocenters. The lowest BCUT2D eigenvalue weighted by atomic mass is 10.1. The summed E-state index contributed by atoms with van der Waals surface area (Å²) in [5, 5.41) is 4.05. The number of aromatic nitrogens is 1. The predicted octanol–water partition coefficient (Wildman–Crippen LogP) is 3.76. The summed E-state index contributed by atoms with van der Waals surface area (Å²) in [6.45, 7) is 2.58. The molecule has 23 heavy (non-hydrogen) atoms. The highest BCUT2D eigenvalue weighted by Gasteiger charge is 2.10. The van der Waals surface area contributed by atoms with Crippen LogP contribution in [0.3, 0.4) is 0 Å². The molecular formula is C19H20N2O2. The van der Waals surface area contributed by atoms with Crippen molar-refractivity contribution in [3.05, 3.63) is 60.3 Å². The molecule has 0 fully saturated rings. The molecule has 0 aliphatic rings. The number of ether oxygens (including phenoxy) is 1. The fourth-order valence-electron chi connectivity index (χ4n) is 2.75. The van der Waals surface area contributed by atoms with E-state index in [1.165, 1.54) is 0 Å². The molecule has 0 spiro atoms. The average molecular weight is 308 g/mol. The quantitative estimate of drug-likeness (QED) is 0.780. The molecule has 0 saturated heterocycles. The van der Waals surface area contributed by atoms with Crippen molar-refractivity contribution in [2.24, 2.45) is 7.05 Å². The third kappa shape index (κ3) is 3.37. The van der Waals surface area contributed by atoms with Crippen LogP contribution in [0.4, 0.5) is 5.69 Å². The van der Waals surface area contributed by atoms with Gasteiger partial charge in [-0.1, -0.05) is 18.2 Å². The van der Waals surface area contributed by atoms with Crippen LogP contribution in [-0.4, -0.2) is 17.1 Å². The number of hydrogen-bond acceptors (Lipinski definition) is 2. The maximum atomic E-state index is 12.3. The van der Waals surface area contributed by atoms with Gasteiger partial charge in [0.25, 0.3) is 0 Å². The van der Waals surface area contributed by atoms with Crippen LogP contribution in [0.15, 0.2) is 54.7 Å². The predicted molar refractivity (Wildman–Crippen MR) is 92.9 cm³/mol. The Balaban J connectivity index is 1.71. The van der Waals surface area contributed by atoms with E-state index in [0.717, 1.165) is 27.9 Å². The SMILES string of the molecule is CCOc1ccc(NC(=O)Cc2cn(C)c3ccccc23)cc1. The summed E-state index contributed by atoms with van der Waals surface area (Å²) in [5.74, 6) is 0.782. The maximum Gasteiger partial charge on any atom is 0.228 e. The molecule has 2 aromatic carbocycles. The Labute approximate surface area is 135 Å². The second-order valence-electron chi connectivity index (χ2n) is 5.46. The first-order valence-electron chi connectivity index (χ1n) is 7.73. The number of carbonyl (C=O) groups is 1. The summed E-state index contributed by atoms with van der Waals surface area (Å²) in [4.78, 5) is 12.3. The van der Waals surface area contributed by atoms with Gasteiger partial charge in [-0.25, -0.2) is 0 Å². The highest BCUT2D eigenvalue weighted by atomic mass is 16.5. The standard InChI is InChI=1S/C19H20N2O2/c1-3-23-16-10-8-15(9-11-16)20-19(22)12-14-13-21(2)18-7-5-4-6-17(14)18/h4-11,13H,3,12H2,1-2H3,(H,20,22). The first-order valence-corrected chi connectivity index (χ1v) is 7.73. The first kappa shape index (κ1) is 15.2. The van der Waals surface area contributed by atoms with Crippen LogP contribution < -0.4 is 10.1 Å². The van der Waals surface area contributed by atoms with Gasteiger partial charge in [-0.15, -0.1) is 0 Å². The molecule has 0 radical (unpaired) electrons. The molecule has 3 rings (SSSR count). The minimum atomic E-state index is -0.0227. The Kier molecular flexibility index (Phi) is 4.33. The van der Waals surface area contributed by atoms with Gasteiger partial charge in [0.1, 0.15) is 5.75 Å². The average Bonchev–Trinajstić information content (AvgIpc) is 2.86.